The molecule has 4 heteroatoms. The van der Waals surface area contributed by atoms with Crippen LogP contribution in [0.5, 0.6) is 11.5 Å². The lowest BCUT2D eigenvalue weighted by molar-refractivity contribution is -0.224. The van der Waals surface area contributed by atoms with Crippen LogP contribution in [0.15, 0.2) is 54.6 Å². The molecule has 1 aliphatic rings. The number of para-hydroxylation sites is 2. The number of benzene rings is 2. The van der Waals surface area contributed by atoms with Crippen molar-refractivity contribution in [2.75, 3.05) is 20.6 Å². The quantitative estimate of drug-likeness (QED) is 0.939. The van der Waals surface area contributed by atoms with Crippen LogP contribution in [0.4, 0.5) is 0 Å². The number of nitrogens with zero attached hydrogens (tertiary/aromatic N) is 1. The first-order chi connectivity index (χ1) is 10.1. The standard InChI is InChI=1S/C17H19NO3/c1-18(2)12-16-17(19,13-8-4-3-5-9-13)21-15-11-7-6-10-14(15)20-16/h3-11,16,19H,12H2,1-2H3/t16-,17-/m0/s1. The third-order valence-corrected chi connectivity index (χ3v) is 3.54. The van der Waals surface area contributed by atoms with E-state index in [1.54, 1.807) is 6.07 Å². The van der Waals surface area contributed by atoms with Gasteiger partial charge in [-0.2, -0.15) is 0 Å². The summed E-state index contributed by atoms with van der Waals surface area (Å²) in [6, 6.07) is 16.8. The van der Waals surface area contributed by atoms with Gasteiger partial charge in [0.25, 0.3) is 5.79 Å². The van der Waals surface area contributed by atoms with Gasteiger partial charge in [0.15, 0.2) is 17.6 Å². The Morgan fingerprint density at radius 3 is 2.29 bits per heavy atom. The summed E-state index contributed by atoms with van der Waals surface area (Å²) in [5.74, 6) is -0.288. The fourth-order valence-electron chi connectivity index (χ4n) is 2.51. The van der Waals surface area contributed by atoms with Crippen molar-refractivity contribution in [3.8, 4) is 11.5 Å². The largest absolute Gasteiger partial charge is 0.478 e. The molecule has 1 N–H and O–H groups in total. The average molecular weight is 285 g/mol. The van der Waals surface area contributed by atoms with Gasteiger partial charge in [-0.3, -0.25) is 0 Å². The van der Waals surface area contributed by atoms with Crippen LogP contribution in [-0.4, -0.2) is 36.8 Å². The first-order valence-electron chi connectivity index (χ1n) is 6.97. The van der Waals surface area contributed by atoms with Gasteiger partial charge in [-0.25, -0.2) is 0 Å². The molecular weight excluding hydrogens is 266 g/mol. The summed E-state index contributed by atoms with van der Waals surface area (Å²) in [5, 5.41) is 11.1. The fraction of sp³-hybridized carbons (Fsp3) is 0.294. The number of hydrogen-bond acceptors (Lipinski definition) is 4. The van der Waals surface area contributed by atoms with E-state index in [9.17, 15) is 5.11 Å². The van der Waals surface area contributed by atoms with Gasteiger partial charge in [0.1, 0.15) is 0 Å². The molecule has 0 saturated heterocycles. The van der Waals surface area contributed by atoms with Crippen molar-refractivity contribution in [1.29, 1.82) is 0 Å². The predicted molar refractivity (Wildman–Crippen MR) is 80.4 cm³/mol. The first-order valence-corrected chi connectivity index (χ1v) is 6.97. The summed E-state index contributed by atoms with van der Waals surface area (Å²) in [7, 11) is 3.88. The molecule has 2 aromatic carbocycles. The SMILES string of the molecule is CN(C)C[C@@H]1Oc2ccccc2O[C@@]1(O)c1ccccc1. The Bertz CT molecular complexity index is 614. The van der Waals surface area contributed by atoms with Crippen LogP contribution in [0.3, 0.4) is 0 Å². The molecule has 3 rings (SSSR count). The van der Waals surface area contributed by atoms with Gasteiger partial charge < -0.3 is 19.5 Å². The van der Waals surface area contributed by atoms with E-state index in [1.165, 1.54) is 0 Å². The van der Waals surface area contributed by atoms with E-state index in [0.29, 0.717) is 23.6 Å². The molecule has 21 heavy (non-hydrogen) atoms. The molecule has 1 heterocycles. The number of hydrogen-bond donors (Lipinski definition) is 1. The van der Waals surface area contributed by atoms with Gasteiger partial charge in [0, 0.05) is 12.1 Å². The summed E-state index contributed by atoms with van der Waals surface area (Å²) in [6.45, 7) is 0.541. The van der Waals surface area contributed by atoms with Crippen LogP contribution < -0.4 is 9.47 Å². The molecule has 1 aliphatic heterocycles. The third kappa shape index (κ3) is 2.60. The molecule has 0 amide bonds. The summed E-state index contributed by atoms with van der Waals surface area (Å²) < 4.78 is 11.9. The maximum atomic E-state index is 11.1. The van der Waals surface area contributed by atoms with Crippen molar-refractivity contribution < 1.29 is 14.6 Å². The van der Waals surface area contributed by atoms with E-state index in [-0.39, 0.29) is 0 Å². The molecule has 2 aromatic rings. The van der Waals surface area contributed by atoms with Crippen LogP contribution >= 0.6 is 0 Å². The molecule has 0 aliphatic carbocycles. The minimum absolute atomic E-state index is 0.509. The lowest BCUT2D eigenvalue weighted by Crippen LogP contribution is -2.54. The number of likely N-dealkylation sites (N-methyl/N-ethyl adjacent to an activating group) is 1. The highest BCUT2D eigenvalue weighted by Gasteiger charge is 2.47. The second-order valence-corrected chi connectivity index (χ2v) is 5.48. The van der Waals surface area contributed by atoms with Crippen LogP contribution in [-0.2, 0) is 5.79 Å². The average Bonchev–Trinajstić information content (AvgIpc) is 2.48. The molecule has 2 atom stereocenters. The Balaban J connectivity index is 2.03. The molecule has 0 fully saturated rings. The van der Waals surface area contributed by atoms with Crippen LogP contribution in [0, 0.1) is 0 Å². The predicted octanol–water partition coefficient (Wildman–Crippen LogP) is 2.23. The van der Waals surface area contributed by atoms with E-state index in [0.717, 1.165) is 0 Å². The summed E-state index contributed by atoms with van der Waals surface area (Å²) >= 11 is 0. The number of aliphatic hydroxyl groups is 1. The molecule has 0 spiro atoms. The zero-order valence-corrected chi connectivity index (χ0v) is 12.2. The van der Waals surface area contributed by atoms with Crippen molar-refractivity contribution in [3.05, 3.63) is 60.2 Å². The zero-order chi connectivity index (χ0) is 14.9. The highest BCUT2D eigenvalue weighted by atomic mass is 16.7. The normalized spacial score (nSPS) is 24.1. The molecule has 0 saturated carbocycles. The maximum absolute atomic E-state index is 11.1. The van der Waals surface area contributed by atoms with Crippen molar-refractivity contribution in [2.24, 2.45) is 0 Å². The Morgan fingerprint density at radius 1 is 1.00 bits per heavy atom. The maximum Gasteiger partial charge on any atom is 0.273 e. The Morgan fingerprint density at radius 2 is 1.62 bits per heavy atom. The zero-order valence-electron chi connectivity index (χ0n) is 12.2. The molecule has 110 valence electrons. The van der Waals surface area contributed by atoms with E-state index in [4.69, 9.17) is 9.47 Å². The van der Waals surface area contributed by atoms with Crippen LogP contribution in [0.1, 0.15) is 5.56 Å². The minimum atomic E-state index is -1.50. The number of fused-ring (bicyclic) bond motifs is 1. The Labute approximate surface area is 124 Å². The van der Waals surface area contributed by atoms with Gasteiger partial charge in [0.2, 0.25) is 0 Å². The van der Waals surface area contributed by atoms with Crippen molar-refractivity contribution in [3.63, 3.8) is 0 Å². The summed E-state index contributed by atoms with van der Waals surface area (Å²) in [6.07, 6.45) is -0.509. The van der Waals surface area contributed by atoms with Gasteiger partial charge in [-0.15, -0.1) is 0 Å². The van der Waals surface area contributed by atoms with Crippen molar-refractivity contribution in [1.82, 2.24) is 4.90 Å². The molecule has 0 radical (unpaired) electrons. The van der Waals surface area contributed by atoms with Gasteiger partial charge in [-0.05, 0) is 26.2 Å². The topological polar surface area (TPSA) is 41.9 Å². The monoisotopic (exact) mass is 285 g/mol. The van der Waals surface area contributed by atoms with Crippen LogP contribution in [0.25, 0.3) is 0 Å². The number of rotatable bonds is 3. The van der Waals surface area contributed by atoms with Gasteiger partial charge in [0.05, 0.1) is 0 Å². The minimum Gasteiger partial charge on any atom is -0.478 e. The van der Waals surface area contributed by atoms with Gasteiger partial charge in [-0.1, -0.05) is 42.5 Å². The molecular formula is C17H19NO3. The second-order valence-electron chi connectivity index (χ2n) is 5.48. The Kier molecular flexibility index (Phi) is 3.57. The number of ether oxygens (including phenoxy) is 2. The lowest BCUT2D eigenvalue weighted by atomic mass is 9.98. The molecule has 4 nitrogen and oxygen atoms in total. The van der Waals surface area contributed by atoms with E-state index in [1.807, 2.05) is 67.5 Å². The molecule has 0 unspecified atom stereocenters. The second kappa shape index (κ2) is 5.39. The molecule has 0 aromatic heterocycles. The Hall–Kier alpha value is -2.04. The summed E-state index contributed by atoms with van der Waals surface area (Å²) in [4.78, 5) is 1.97. The molecule has 0 bridgehead atoms. The van der Waals surface area contributed by atoms with Crippen molar-refractivity contribution >= 4 is 0 Å². The van der Waals surface area contributed by atoms with Gasteiger partial charge >= 0.3 is 0 Å². The highest BCUT2D eigenvalue weighted by Crippen LogP contribution is 2.41. The van der Waals surface area contributed by atoms with Crippen molar-refractivity contribution in [2.45, 2.75) is 11.9 Å². The van der Waals surface area contributed by atoms with Crippen LogP contribution in [0.2, 0.25) is 0 Å². The fourth-order valence-corrected chi connectivity index (χ4v) is 2.51. The smallest absolute Gasteiger partial charge is 0.273 e. The van der Waals surface area contributed by atoms with E-state index in [2.05, 4.69) is 0 Å². The third-order valence-electron chi connectivity index (χ3n) is 3.54. The first kappa shape index (κ1) is 13.9. The van der Waals surface area contributed by atoms with E-state index < -0.39 is 11.9 Å². The summed E-state index contributed by atoms with van der Waals surface area (Å²) in [5.41, 5.74) is 0.686. The van der Waals surface area contributed by atoms with E-state index >= 15 is 0 Å². The lowest BCUT2D eigenvalue weighted by Gasteiger charge is -2.41. The highest BCUT2D eigenvalue weighted by molar-refractivity contribution is 5.43.